The van der Waals surface area contributed by atoms with E-state index in [0.717, 1.165) is 19.6 Å². The second kappa shape index (κ2) is 5.31. The summed E-state index contributed by atoms with van der Waals surface area (Å²) in [5.41, 5.74) is 2.60. The summed E-state index contributed by atoms with van der Waals surface area (Å²) < 4.78 is 5.54. The standard InChI is InChI=1S/C15H20N2O2/c1-11-3-2-4-12(5-11)6-17-7-13-9-19-10-14(8-17)16-15(13)18/h2-5,13-14H,6-10H2,1H3,(H,16,18)/t13-,14+/m1/s1. The Balaban J connectivity index is 1.73. The first-order chi connectivity index (χ1) is 9.20. The molecule has 4 heteroatoms. The maximum atomic E-state index is 11.9. The second-order valence-electron chi connectivity index (χ2n) is 5.62. The SMILES string of the molecule is Cc1cccc(CN2C[C@H]3COC[C@@H](C2)C(=O)N3)c1. The molecule has 2 atom stereocenters. The van der Waals surface area contributed by atoms with Gasteiger partial charge in [0.05, 0.1) is 25.2 Å². The van der Waals surface area contributed by atoms with Gasteiger partial charge in [0, 0.05) is 19.6 Å². The van der Waals surface area contributed by atoms with Gasteiger partial charge in [0.15, 0.2) is 0 Å². The number of nitrogens with one attached hydrogen (secondary N) is 1. The third-order valence-electron chi connectivity index (χ3n) is 3.80. The predicted octanol–water partition coefficient (Wildman–Crippen LogP) is 0.942. The van der Waals surface area contributed by atoms with Crippen molar-refractivity contribution >= 4 is 5.91 Å². The minimum atomic E-state index is -0.0303. The zero-order valence-electron chi connectivity index (χ0n) is 11.3. The fourth-order valence-corrected chi connectivity index (χ4v) is 2.92. The molecule has 1 aromatic carbocycles. The zero-order chi connectivity index (χ0) is 13.2. The number of benzene rings is 1. The Bertz CT molecular complexity index is 475. The summed E-state index contributed by atoms with van der Waals surface area (Å²) in [5.74, 6) is 0.117. The lowest BCUT2D eigenvalue weighted by atomic mass is 10.1. The van der Waals surface area contributed by atoms with Gasteiger partial charge < -0.3 is 10.1 Å². The number of carbonyl (C=O) groups is 1. The quantitative estimate of drug-likeness (QED) is 0.860. The van der Waals surface area contributed by atoms with Crippen LogP contribution in [0, 0.1) is 12.8 Å². The van der Waals surface area contributed by atoms with E-state index >= 15 is 0 Å². The summed E-state index contributed by atoms with van der Waals surface area (Å²) in [5, 5.41) is 3.06. The maximum absolute atomic E-state index is 11.9. The minimum Gasteiger partial charge on any atom is -0.378 e. The summed E-state index contributed by atoms with van der Waals surface area (Å²) in [6.45, 7) is 5.86. The fraction of sp³-hybridized carbons (Fsp3) is 0.533. The van der Waals surface area contributed by atoms with E-state index in [2.05, 4.69) is 41.4 Å². The van der Waals surface area contributed by atoms with Gasteiger partial charge in [-0.3, -0.25) is 9.69 Å². The molecular weight excluding hydrogens is 240 g/mol. The average Bonchev–Trinajstić information content (AvgIpc) is 2.58. The van der Waals surface area contributed by atoms with Crippen molar-refractivity contribution < 1.29 is 9.53 Å². The average molecular weight is 260 g/mol. The smallest absolute Gasteiger partial charge is 0.227 e. The van der Waals surface area contributed by atoms with E-state index in [1.807, 2.05) is 0 Å². The molecule has 4 nitrogen and oxygen atoms in total. The van der Waals surface area contributed by atoms with Crippen LogP contribution in [0.4, 0.5) is 0 Å². The highest BCUT2D eigenvalue weighted by Gasteiger charge is 2.32. The van der Waals surface area contributed by atoms with Gasteiger partial charge in [0.1, 0.15) is 0 Å². The van der Waals surface area contributed by atoms with Crippen molar-refractivity contribution in [2.75, 3.05) is 26.3 Å². The van der Waals surface area contributed by atoms with E-state index in [4.69, 9.17) is 4.74 Å². The van der Waals surface area contributed by atoms with Gasteiger partial charge in [-0.1, -0.05) is 29.8 Å². The topological polar surface area (TPSA) is 41.6 Å². The van der Waals surface area contributed by atoms with Crippen LogP contribution in [0.5, 0.6) is 0 Å². The molecule has 2 saturated heterocycles. The summed E-state index contributed by atoms with van der Waals surface area (Å²) >= 11 is 0. The molecule has 0 saturated carbocycles. The molecule has 0 unspecified atom stereocenters. The van der Waals surface area contributed by atoms with Gasteiger partial charge in [-0.2, -0.15) is 0 Å². The number of aryl methyl sites for hydroxylation is 1. The van der Waals surface area contributed by atoms with Gasteiger partial charge in [0.2, 0.25) is 5.91 Å². The van der Waals surface area contributed by atoms with E-state index < -0.39 is 0 Å². The van der Waals surface area contributed by atoms with E-state index in [0.29, 0.717) is 13.2 Å². The summed E-state index contributed by atoms with van der Waals surface area (Å²) in [6, 6.07) is 8.70. The molecule has 1 N–H and O–H groups in total. The highest BCUT2D eigenvalue weighted by molar-refractivity contribution is 5.79. The van der Waals surface area contributed by atoms with Crippen LogP contribution < -0.4 is 5.32 Å². The minimum absolute atomic E-state index is 0.0303. The predicted molar refractivity (Wildman–Crippen MR) is 72.7 cm³/mol. The molecule has 2 aliphatic rings. The molecule has 0 spiro atoms. The van der Waals surface area contributed by atoms with Crippen molar-refractivity contribution in [3.8, 4) is 0 Å². The molecule has 0 radical (unpaired) electrons. The maximum Gasteiger partial charge on any atom is 0.227 e. The number of ether oxygens (including phenoxy) is 1. The van der Waals surface area contributed by atoms with Gasteiger partial charge in [-0.05, 0) is 12.5 Å². The Kier molecular flexibility index (Phi) is 3.53. The van der Waals surface area contributed by atoms with Crippen LogP contribution in [0.1, 0.15) is 11.1 Å². The van der Waals surface area contributed by atoms with Gasteiger partial charge in [0.25, 0.3) is 0 Å². The van der Waals surface area contributed by atoms with Gasteiger partial charge in [-0.15, -0.1) is 0 Å². The van der Waals surface area contributed by atoms with E-state index in [1.54, 1.807) is 0 Å². The Hall–Kier alpha value is -1.39. The monoisotopic (exact) mass is 260 g/mol. The van der Waals surface area contributed by atoms with Crippen molar-refractivity contribution in [2.24, 2.45) is 5.92 Å². The molecule has 102 valence electrons. The number of rotatable bonds is 2. The van der Waals surface area contributed by atoms with Crippen molar-refractivity contribution in [1.29, 1.82) is 0 Å². The number of nitrogens with zero attached hydrogens (tertiary/aromatic N) is 1. The molecule has 19 heavy (non-hydrogen) atoms. The Labute approximate surface area is 113 Å². The first-order valence-electron chi connectivity index (χ1n) is 6.87. The van der Waals surface area contributed by atoms with Gasteiger partial charge >= 0.3 is 0 Å². The molecule has 3 rings (SSSR count). The number of hydrogen-bond acceptors (Lipinski definition) is 3. The van der Waals surface area contributed by atoms with Crippen molar-refractivity contribution in [2.45, 2.75) is 19.5 Å². The molecule has 2 fully saturated rings. The van der Waals surface area contributed by atoms with E-state index in [-0.39, 0.29) is 17.9 Å². The Morgan fingerprint density at radius 3 is 3.11 bits per heavy atom. The van der Waals surface area contributed by atoms with Crippen LogP contribution in [-0.2, 0) is 16.1 Å². The number of amides is 1. The van der Waals surface area contributed by atoms with E-state index in [1.165, 1.54) is 11.1 Å². The first-order valence-corrected chi connectivity index (χ1v) is 6.87. The highest BCUT2D eigenvalue weighted by atomic mass is 16.5. The largest absolute Gasteiger partial charge is 0.378 e. The van der Waals surface area contributed by atoms with E-state index in [9.17, 15) is 4.79 Å². The number of fused-ring (bicyclic) bond motifs is 3. The van der Waals surface area contributed by atoms with Gasteiger partial charge in [-0.25, -0.2) is 0 Å². The fourth-order valence-electron chi connectivity index (χ4n) is 2.92. The summed E-state index contributed by atoms with van der Waals surface area (Å²) in [4.78, 5) is 14.3. The molecule has 2 heterocycles. The van der Waals surface area contributed by atoms with Crippen LogP contribution in [-0.4, -0.2) is 43.2 Å². The molecule has 0 aliphatic carbocycles. The third kappa shape index (κ3) is 2.96. The van der Waals surface area contributed by atoms with Crippen LogP contribution in [0.15, 0.2) is 24.3 Å². The van der Waals surface area contributed by atoms with Crippen molar-refractivity contribution in [1.82, 2.24) is 10.2 Å². The van der Waals surface area contributed by atoms with Crippen LogP contribution >= 0.6 is 0 Å². The lowest BCUT2D eigenvalue weighted by molar-refractivity contribution is -0.125. The first kappa shape index (κ1) is 12.6. The number of carbonyl (C=O) groups excluding carboxylic acids is 1. The lowest BCUT2D eigenvalue weighted by Gasteiger charge is -2.27. The van der Waals surface area contributed by atoms with Crippen LogP contribution in [0.25, 0.3) is 0 Å². The Morgan fingerprint density at radius 1 is 1.37 bits per heavy atom. The lowest BCUT2D eigenvalue weighted by Crippen LogP contribution is -2.41. The molecular formula is C15H20N2O2. The molecule has 1 amide bonds. The van der Waals surface area contributed by atoms with Crippen LogP contribution in [0.2, 0.25) is 0 Å². The molecule has 2 aliphatic heterocycles. The molecule has 1 aromatic rings. The Morgan fingerprint density at radius 2 is 2.26 bits per heavy atom. The van der Waals surface area contributed by atoms with Crippen molar-refractivity contribution in [3.63, 3.8) is 0 Å². The second-order valence-corrected chi connectivity index (χ2v) is 5.62. The molecule has 0 aromatic heterocycles. The summed E-state index contributed by atoms with van der Waals surface area (Å²) in [6.07, 6.45) is 0. The third-order valence-corrected chi connectivity index (χ3v) is 3.80. The number of hydrogen-bond donors (Lipinski definition) is 1. The highest BCUT2D eigenvalue weighted by Crippen LogP contribution is 2.16. The van der Waals surface area contributed by atoms with Crippen molar-refractivity contribution in [3.05, 3.63) is 35.4 Å². The zero-order valence-corrected chi connectivity index (χ0v) is 11.3. The summed E-state index contributed by atoms with van der Waals surface area (Å²) in [7, 11) is 0. The normalized spacial score (nSPS) is 27.7. The molecule has 2 bridgehead atoms. The van der Waals surface area contributed by atoms with Crippen LogP contribution in [0.3, 0.4) is 0 Å².